The van der Waals surface area contributed by atoms with E-state index in [0.717, 1.165) is 16.2 Å². The third-order valence-corrected chi connectivity index (χ3v) is 5.67. The van der Waals surface area contributed by atoms with Crippen LogP contribution in [-0.4, -0.2) is 35.2 Å². The summed E-state index contributed by atoms with van der Waals surface area (Å²) in [7, 11) is 0. The molecule has 3 rings (SSSR count). The summed E-state index contributed by atoms with van der Waals surface area (Å²) in [4.78, 5) is 29.5. The fourth-order valence-corrected chi connectivity index (χ4v) is 4.17. The number of thioether (sulfide) groups is 1. The Labute approximate surface area is 192 Å². The number of halogens is 1. The molecule has 0 saturated carbocycles. The Morgan fingerprint density at radius 2 is 1.87 bits per heavy atom. The number of aliphatic imine (C=N–C) groups is 1. The number of hydrogen-bond acceptors (Lipinski definition) is 6. The number of amides is 1. The van der Waals surface area contributed by atoms with Crippen LogP contribution in [0.1, 0.15) is 29.8 Å². The number of ether oxygens (including phenoxy) is 2. The highest BCUT2D eigenvalue weighted by Gasteiger charge is 2.34. The summed E-state index contributed by atoms with van der Waals surface area (Å²) in [6, 6.07) is 14.0. The van der Waals surface area contributed by atoms with Gasteiger partial charge in [0, 0.05) is 15.6 Å². The number of aliphatic hydroxyl groups is 1. The van der Waals surface area contributed by atoms with E-state index in [9.17, 15) is 14.7 Å². The molecule has 1 heterocycles. The third-order valence-electron chi connectivity index (χ3n) is 4.15. The first kappa shape index (κ1) is 22.8. The highest BCUT2D eigenvalue weighted by Crippen LogP contribution is 2.40. The number of carbonyl (C=O) groups excluding carboxylic acids is 2. The molecule has 0 fully saturated rings. The van der Waals surface area contributed by atoms with Crippen molar-refractivity contribution < 1.29 is 24.2 Å². The maximum absolute atomic E-state index is 12.6. The van der Waals surface area contributed by atoms with Crippen LogP contribution in [0.25, 0.3) is 6.08 Å². The van der Waals surface area contributed by atoms with Gasteiger partial charge in [-0.05, 0) is 50.3 Å². The van der Waals surface area contributed by atoms with E-state index in [1.807, 2.05) is 19.1 Å². The van der Waals surface area contributed by atoms with Gasteiger partial charge in [-0.15, -0.1) is 0 Å². The van der Waals surface area contributed by atoms with E-state index in [-0.39, 0.29) is 23.0 Å². The maximum atomic E-state index is 12.6. The standard InChI is InChI=1S/C23H20BrNO5S/c1-3-29-17-11-10-16(24)12-15(17)13-18-20(26)19(23(28)30-4-2)22(31-18)25-21(27)14-8-6-5-7-9-14/h5-13,26H,3-4H2,1-2H3/b18-13-,25-22?. The molecule has 160 valence electrons. The van der Waals surface area contributed by atoms with Gasteiger partial charge in [-0.25, -0.2) is 9.79 Å². The number of nitrogens with zero attached hydrogens (tertiary/aromatic N) is 1. The van der Waals surface area contributed by atoms with Crippen LogP contribution in [0.5, 0.6) is 5.75 Å². The van der Waals surface area contributed by atoms with Gasteiger partial charge in [0.25, 0.3) is 5.91 Å². The number of hydrogen-bond donors (Lipinski definition) is 1. The molecule has 8 heteroatoms. The van der Waals surface area contributed by atoms with E-state index < -0.39 is 11.9 Å². The third kappa shape index (κ3) is 5.45. The number of carbonyl (C=O) groups is 2. The molecule has 0 bridgehead atoms. The average Bonchev–Trinajstić information content (AvgIpc) is 3.05. The van der Waals surface area contributed by atoms with E-state index in [1.54, 1.807) is 49.4 Å². The molecule has 0 aliphatic carbocycles. The molecule has 1 aliphatic heterocycles. The van der Waals surface area contributed by atoms with Crippen molar-refractivity contribution in [1.82, 2.24) is 0 Å². The second-order valence-corrected chi connectivity index (χ2v) is 8.20. The molecule has 0 aromatic heterocycles. The van der Waals surface area contributed by atoms with Gasteiger partial charge in [0.2, 0.25) is 0 Å². The summed E-state index contributed by atoms with van der Waals surface area (Å²) in [6.07, 6.45) is 1.69. The average molecular weight is 502 g/mol. The second kappa shape index (κ2) is 10.5. The van der Waals surface area contributed by atoms with Crippen molar-refractivity contribution in [1.29, 1.82) is 0 Å². The van der Waals surface area contributed by atoms with Gasteiger partial charge >= 0.3 is 5.97 Å². The van der Waals surface area contributed by atoms with Gasteiger partial charge in [-0.2, -0.15) is 0 Å². The fourth-order valence-electron chi connectivity index (χ4n) is 2.79. The Bertz CT molecular complexity index is 1090. The van der Waals surface area contributed by atoms with Crippen molar-refractivity contribution in [3.63, 3.8) is 0 Å². The molecule has 0 spiro atoms. The van der Waals surface area contributed by atoms with Crippen molar-refractivity contribution in [3.8, 4) is 5.75 Å². The summed E-state index contributed by atoms with van der Waals surface area (Å²) in [5.41, 5.74) is 0.945. The molecular formula is C23H20BrNO5S. The van der Waals surface area contributed by atoms with Crippen LogP contribution in [0, 0.1) is 0 Å². The largest absolute Gasteiger partial charge is 0.506 e. The quantitative estimate of drug-likeness (QED) is 0.522. The molecule has 2 aromatic rings. The summed E-state index contributed by atoms with van der Waals surface area (Å²) in [6.45, 7) is 4.13. The first-order valence-electron chi connectivity index (χ1n) is 9.55. The number of benzene rings is 2. The zero-order valence-corrected chi connectivity index (χ0v) is 19.3. The molecule has 1 amide bonds. The minimum Gasteiger partial charge on any atom is -0.506 e. The zero-order valence-electron chi connectivity index (χ0n) is 16.9. The van der Waals surface area contributed by atoms with Crippen LogP contribution in [0.2, 0.25) is 0 Å². The van der Waals surface area contributed by atoms with Gasteiger partial charge in [-0.1, -0.05) is 45.9 Å². The lowest BCUT2D eigenvalue weighted by Gasteiger charge is -2.08. The molecule has 0 unspecified atom stereocenters. The van der Waals surface area contributed by atoms with Crippen molar-refractivity contribution in [2.24, 2.45) is 4.99 Å². The van der Waals surface area contributed by atoms with Gasteiger partial charge in [0.05, 0.1) is 18.1 Å². The number of rotatable bonds is 6. The van der Waals surface area contributed by atoms with Crippen LogP contribution < -0.4 is 4.74 Å². The van der Waals surface area contributed by atoms with Crippen LogP contribution >= 0.6 is 27.7 Å². The lowest BCUT2D eigenvalue weighted by Crippen LogP contribution is -2.14. The van der Waals surface area contributed by atoms with Gasteiger partial charge in [0.1, 0.15) is 22.1 Å². The Balaban J connectivity index is 2.05. The minimum absolute atomic E-state index is 0.0870. The van der Waals surface area contributed by atoms with Crippen LogP contribution in [0.3, 0.4) is 0 Å². The van der Waals surface area contributed by atoms with Crippen molar-refractivity contribution in [2.75, 3.05) is 13.2 Å². The monoisotopic (exact) mass is 501 g/mol. The summed E-state index contributed by atoms with van der Waals surface area (Å²) in [5, 5.41) is 10.9. The van der Waals surface area contributed by atoms with Gasteiger partial charge in [0.15, 0.2) is 0 Å². The Hall–Kier alpha value is -2.84. The molecule has 0 saturated heterocycles. The van der Waals surface area contributed by atoms with E-state index in [2.05, 4.69) is 20.9 Å². The fraction of sp³-hybridized carbons (Fsp3) is 0.174. The van der Waals surface area contributed by atoms with E-state index in [0.29, 0.717) is 28.4 Å². The molecule has 31 heavy (non-hydrogen) atoms. The predicted octanol–water partition coefficient (Wildman–Crippen LogP) is 5.55. The highest BCUT2D eigenvalue weighted by molar-refractivity contribution is 9.10. The van der Waals surface area contributed by atoms with Crippen molar-refractivity contribution in [2.45, 2.75) is 13.8 Å². The molecule has 1 N–H and O–H groups in total. The Morgan fingerprint density at radius 1 is 1.13 bits per heavy atom. The first-order valence-corrected chi connectivity index (χ1v) is 11.2. The zero-order chi connectivity index (χ0) is 22.4. The molecule has 2 aromatic carbocycles. The molecule has 1 aliphatic rings. The van der Waals surface area contributed by atoms with Crippen molar-refractivity contribution >= 4 is 50.7 Å². The van der Waals surface area contributed by atoms with Gasteiger partial charge in [-0.3, -0.25) is 4.79 Å². The highest BCUT2D eigenvalue weighted by atomic mass is 79.9. The number of aliphatic hydroxyl groups excluding tert-OH is 1. The van der Waals surface area contributed by atoms with E-state index in [4.69, 9.17) is 9.47 Å². The van der Waals surface area contributed by atoms with Crippen LogP contribution in [0.15, 0.2) is 74.2 Å². The van der Waals surface area contributed by atoms with Gasteiger partial charge < -0.3 is 14.6 Å². The SMILES string of the molecule is CCOC(=O)C1=C(O)/C(=C/c2cc(Br)ccc2OCC)SC1=NC(=O)c1ccccc1. The normalized spacial score (nSPS) is 16.1. The lowest BCUT2D eigenvalue weighted by molar-refractivity contribution is -0.138. The summed E-state index contributed by atoms with van der Waals surface area (Å²) < 4.78 is 11.6. The smallest absolute Gasteiger partial charge is 0.344 e. The van der Waals surface area contributed by atoms with E-state index in [1.165, 1.54) is 0 Å². The minimum atomic E-state index is -0.741. The lowest BCUT2D eigenvalue weighted by atomic mass is 10.1. The summed E-state index contributed by atoms with van der Waals surface area (Å²) in [5.74, 6) is -0.924. The van der Waals surface area contributed by atoms with Crippen LogP contribution in [0.4, 0.5) is 0 Å². The topological polar surface area (TPSA) is 85.2 Å². The Morgan fingerprint density at radius 3 is 2.55 bits per heavy atom. The second-order valence-electron chi connectivity index (χ2n) is 6.26. The van der Waals surface area contributed by atoms with Crippen molar-refractivity contribution in [3.05, 3.63) is 80.4 Å². The summed E-state index contributed by atoms with van der Waals surface area (Å²) >= 11 is 4.46. The van der Waals surface area contributed by atoms with E-state index >= 15 is 0 Å². The molecular weight excluding hydrogens is 482 g/mol. The maximum Gasteiger partial charge on any atom is 0.344 e. The first-order chi connectivity index (χ1) is 14.9. The van der Waals surface area contributed by atoms with Crippen LogP contribution in [-0.2, 0) is 9.53 Å². The number of esters is 1. The molecule has 0 radical (unpaired) electrons. The molecule has 0 atom stereocenters. The molecule has 6 nitrogen and oxygen atoms in total. The predicted molar refractivity (Wildman–Crippen MR) is 125 cm³/mol. The Kier molecular flexibility index (Phi) is 7.70.